The molecule has 4 nitrogen and oxygen atoms in total. The Labute approximate surface area is 92.7 Å². The van der Waals surface area contributed by atoms with Crippen molar-refractivity contribution < 1.29 is 14.6 Å². The summed E-state index contributed by atoms with van der Waals surface area (Å²) in [7, 11) is 0. The monoisotopic (exact) mass is 219 g/mol. The minimum atomic E-state index is -0.565. The van der Waals surface area contributed by atoms with Crippen LogP contribution in [0.4, 0.5) is 0 Å². The van der Waals surface area contributed by atoms with Gasteiger partial charge in [-0.15, -0.1) is 0 Å². The van der Waals surface area contributed by atoms with Crippen molar-refractivity contribution >= 4 is 0 Å². The minimum Gasteiger partial charge on any atom is -0.394 e. The van der Waals surface area contributed by atoms with Gasteiger partial charge in [-0.2, -0.15) is 0 Å². The number of aliphatic hydroxyl groups excluding tert-OH is 1. The first-order chi connectivity index (χ1) is 6.91. The largest absolute Gasteiger partial charge is 0.394 e. The number of rotatable bonds is 8. The van der Waals surface area contributed by atoms with Gasteiger partial charge in [0.1, 0.15) is 0 Å². The molecule has 92 valence electrons. The molecule has 0 saturated heterocycles. The van der Waals surface area contributed by atoms with Crippen LogP contribution in [0.15, 0.2) is 0 Å². The van der Waals surface area contributed by atoms with Gasteiger partial charge in [-0.3, -0.25) is 0 Å². The Hall–Kier alpha value is -0.160. The second kappa shape index (κ2) is 7.17. The van der Waals surface area contributed by atoms with E-state index in [0.29, 0.717) is 19.6 Å². The van der Waals surface area contributed by atoms with Crippen LogP contribution in [0.2, 0.25) is 0 Å². The van der Waals surface area contributed by atoms with E-state index in [1.807, 2.05) is 27.7 Å². The zero-order valence-corrected chi connectivity index (χ0v) is 10.3. The summed E-state index contributed by atoms with van der Waals surface area (Å²) in [5.41, 5.74) is 5.27. The first kappa shape index (κ1) is 14.8. The second-order valence-corrected chi connectivity index (χ2v) is 4.43. The van der Waals surface area contributed by atoms with Crippen LogP contribution in [0.3, 0.4) is 0 Å². The first-order valence-electron chi connectivity index (χ1n) is 5.54. The molecule has 0 aliphatic heterocycles. The third-order valence-corrected chi connectivity index (χ3v) is 2.14. The average Bonchev–Trinajstić information content (AvgIpc) is 2.13. The predicted octanol–water partition coefficient (Wildman–Crippen LogP) is 0.916. The van der Waals surface area contributed by atoms with E-state index in [2.05, 4.69) is 0 Å². The lowest BCUT2D eigenvalue weighted by molar-refractivity contribution is -0.0504. The van der Waals surface area contributed by atoms with Crippen molar-refractivity contribution in [3.05, 3.63) is 0 Å². The highest BCUT2D eigenvalue weighted by Gasteiger charge is 2.22. The Morgan fingerprint density at radius 1 is 1.33 bits per heavy atom. The molecule has 0 heterocycles. The van der Waals surface area contributed by atoms with Crippen molar-refractivity contribution in [2.45, 2.75) is 51.9 Å². The number of hydrogen-bond donors (Lipinski definition) is 2. The lowest BCUT2D eigenvalue weighted by Gasteiger charge is -2.27. The van der Waals surface area contributed by atoms with Gasteiger partial charge in [-0.25, -0.2) is 0 Å². The summed E-state index contributed by atoms with van der Waals surface area (Å²) in [6.45, 7) is 8.98. The topological polar surface area (TPSA) is 64.7 Å². The summed E-state index contributed by atoms with van der Waals surface area (Å²) < 4.78 is 10.9. The molecular formula is C11H25NO3. The van der Waals surface area contributed by atoms with Crippen molar-refractivity contribution in [2.75, 3.05) is 19.8 Å². The maximum absolute atomic E-state index is 9.01. The van der Waals surface area contributed by atoms with Crippen LogP contribution in [-0.4, -0.2) is 42.7 Å². The van der Waals surface area contributed by atoms with E-state index in [0.717, 1.165) is 0 Å². The Morgan fingerprint density at radius 3 is 2.40 bits per heavy atom. The van der Waals surface area contributed by atoms with E-state index in [9.17, 15) is 0 Å². The molecule has 0 aliphatic carbocycles. The summed E-state index contributed by atoms with van der Waals surface area (Å²) in [5, 5.41) is 9.01. The molecule has 0 bridgehead atoms. The van der Waals surface area contributed by atoms with Gasteiger partial charge in [0.25, 0.3) is 0 Å². The molecule has 15 heavy (non-hydrogen) atoms. The first-order valence-corrected chi connectivity index (χ1v) is 5.54. The fourth-order valence-corrected chi connectivity index (χ4v) is 1.49. The predicted molar refractivity (Wildman–Crippen MR) is 60.8 cm³/mol. The maximum Gasteiger partial charge on any atom is 0.0784 e. The molecule has 0 aliphatic rings. The molecule has 0 aromatic heterocycles. The van der Waals surface area contributed by atoms with E-state index in [4.69, 9.17) is 20.3 Å². The van der Waals surface area contributed by atoms with Gasteiger partial charge in [0.05, 0.1) is 25.4 Å². The van der Waals surface area contributed by atoms with Gasteiger partial charge < -0.3 is 20.3 Å². The van der Waals surface area contributed by atoms with Crippen LogP contribution in [-0.2, 0) is 9.47 Å². The number of hydrogen-bond acceptors (Lipinski definition) is 4. The van der Waals surface area contributed by atoms with Crippen molar-refractivity contribution in [1.82, 2.24) is 0 Å². The van der Waals surface area contributed by atoms with Crippen LogP contribution in [0, 0.1) is 0 Å². The third kappa shape index (κ3) is 7.73. The van der Waals surface area contributed by atoms with E-state index in [-0.39, 0.29) is 18.8 Å². The Morgan fingerprint density at radius 2 is 1.93 bits per heavy atom. The quantitative estimate of drug-likeness (QED) is 0.637. The van der Waals surface area contributed by atoms with Gasteiger partial charge >= 0.3 is 0 Å². The highest BCUT2D eigenvalue weighted by atomic mass is 16.5. The lowest BCUT2D eigenvalue weighted by Crippen LogP contribution is -2.43. The van der Waals surface area contributed by atoms with Crippen molar-refractivity contribution in [3.63, 3.8) is 0 Å². The van der Waals surface area contributed by atoms with Crippen LogP contribution in [0.25, 0.3) is 0 Å². The van der Waals surface area contributed by atoms with Gasteiger partial charge in [0, 0.05) is 12.1 Å². The number of aliphatic hydroxyl groups is 1. The smallest absolute Gasteiger partial charge is 0.0784 e. The molecule has 0 aromatic carbocycles. The zero-order valence-electron chi connectivity index (χ0n) is 10.3. The number of nitrogens with two attached hydrogens (primary N) is 1. The third-order valence-electron chi connectivity index (χ3n) is 2.14. The highest BCUT2D eigenvalue weighted by molar-refractivity contribution is 4.80. The molecule has 4 heteroatoms. The SMILES string of the molecule is CCOCC(C)OC(C)CC(C)(N)CO. The summed E-state index contributed by atoms with van der Waals surface area (Å²) in [6, 6.07) is 0. The van der Waals surface area contributed by atoms with Gasteiger partial charge in [0.2, 0.25) is 0 Å². The van der Waals surface area contributed by atoms with E-state index in [1.165, 1.54) is 0 Å². The van der Waals surface area contributed by atoms with Gasteiger partial charge in [-0.05, 0) is 34.1 Å². The van der Waals surface area contributed by atoms with Crippen molar-refractivity contribution in [1.29, 1.82) is 0 Å². The summed E-state index contributed by atoms with van der Waals surface area (Å²) in [5.74, 6) is 0. The van der Waals surface area contributed by atoms with Crippen LogP contribution in [0.1, 0.15) is 34.1 Å². The van der Waals surface area contributed by atoms with Crippen LogP contribution in [0.5, 0.6) is 0 Å². The molecule has 0 rings (SSSR count). The van der Waals surface area contributed by atoms with Crippen LogP contribution < -0.4 is 5.73 Å². The summed E-state index contributed by atoms with van der Waals surface area (Å²) in [6.07, 6.45) is 0.733. The molecule has 0 radical (unpaired) electrons. The Bertz CT molecular complexity index is 162. The summed E-state index contributed by atoms with van der Waals surface area (Å²) >= 11 is 0. The Balaban J connectivity index is 3.77. The number of ether oxygens (including phenoxy) is 2. The maximum atomic E-state index is 9.01. The van der Waals surface area contributed by atoms with E-state index >= 15 is 0 Å². The molecule has 0 amide bonds. The molecule has 0 saturated carbocycles. The second-order valence-electron chi connectivity index (χ2n) is 4.43. The minimum absolute atomic E-state index is 0.0272. The molecule has 3 N–H and O–H groups in total. The Kier molecular flexibility index (Phi) is 7.09. The molecule has 0 fully saturated rings. The summed E-state index contributed by atoms with van der Waals surface area (Å²) in [4.78, 5) is 0. The van der Waals surface area contributed by atoms with E-state index in [1.54, 1.807) is 0 Å². The standard InChI is InChI=1S/C11H25NO3/c1-5-14-7-10(3)15-9(2)6-11(4,12)8-13/h9-10,13H,5-8,12H2,1-4H3. The zero-order chi connectivity index (χ0) is 11.9. The molecule has 3 atom stereocenters. The molecule has 3 unspecified atom stereocenters. The van der Waals surface area contributed by atoms with Crippen LogP contribution >= 0.6 is 0 Å². The van der Waals surface area contributed by atoms with Gasteiger partial charge in [0.15, 0.2) is 0 Å². The van der Waals surface area contributed by atoms with E-state index < -0.39 is 5.54 Å². The van der Waals surface area contributed by atoms with Crippen molar-refractivity contribution in [2.24, 2.45) is 5.73 Å². The normalized spacial score (nSPS) is 19.6. The molecular weight excluding hydrogens is 194 g/mol. The molecule has 0 aromatic rings. The molecule has 0 spiro atoms. The van der Waals surface area contributed by atoms with Gasteiger partial charge in [-0.1, -0.05) is 0 Å². The fraction of sp³-hybridized carbons (Fsp3) is 1.00. The highest BCUT2D eigenvalue weighted by Crippen LogP contribution is 2.12. The average molecular weight is 219 g/mol. The van der Waals surface area contributed by atoms with Crippen molar-refractivity contribution in [3.8, 4) is 0 Å². The lowest BCUT2D eigenvalue weighted by atomic mass is 9.97. The fourth-order valence-electron chi connectivity index (χ4n) is 1.49.